The van der Waals surface area contributed by atoms with Crippen LogP contribution in [0.4, 0.5) is 10.1 Å². The van der Waals surface area contributed by atoms with Crippen molar-refractivity contribution in [2.75, 3.05) is 71.3 Å². The number of imide groups is 1. The minimum absolute atomic E-state index is 0.0733. The lowest BCUT2D eigenvalue weighted by molar-refractivity contribution is -0.135. The maximum Gasteiger partial charge on any atom is 0.329 e. The Bertz CT molecular complexity index is 3050. The second-order valence-electron chi connectivity index (χ2n) is 19.7. The van der Waals surface area contributed by atoms with E-state index in [1.807, 2.05) is 55.3 Å². The highest BCUT2D eigenvalue weighted by Crippen LogP contribution is 2.35. The molecular weight excluding hydrogens is 878 g/mol. The van der Waals surface area contributed by atoms with Crippen molar-refractivity contribution in [3.05, 3.63) is 122 Å². The molecule has 8 heterocycles. The summed E-state index contributed by atoms with van der Waals surface area (Å²) in [5.74, 6) is -0.554. The van der Waals surface area contributed by atoms with Crippen LogP contribution in [-0.4, -0.2) is 127 Å². The van der Waals surface area contributed by atoms with Crippen molar-refractivity contribution in [2.45, 2.75) is 70.5 Å². The number of piperidine rings is 3. The number of imidazole rings is 1. The lowest BCUT2D eigenvalue weighted by Crippen LogP contribution is -2.48. The molecule has 4 saturated heterocycles. The van der Waals surface area contributed by atoms with Gasteiger partial charge in [-0.05, 0) is 123 Å². The Morgan fingerprint density at radius 1 is 0.797 bits per heavy atom. The zero-order valence-corrected chi connectivity index (χ0v) is 40.0. The van der Waals surface area contributed by atoms with Crippen LogP contribution in [0.25, 0.3) is 27.8 Å². The molecule has 69 heavy (non-hydrogen) atoms. The highest BCUT2D eigenvalue weighted by Gasteiger charge is 2.33. The van der Waals surface area contributed by atoms with Crippen molar-refractivity contribution < 1.29 is 18.8 Å². The minimum atomic E-state index is -0.701. The number of aromatic nitrogens is 5. The molecule has 0 spiro atoms. The summed E-state index contributed by atoms with van der Waals surface area (Å²) in [4.78, 5) is 78.2. The first kappa shape index (κ1) is 46.3. The van der Waals surface area contributed by atoms with E-state index in [4.69, 9.17) is 0 Å². The van der Waals surface area contributed by atoms with Crippen molar-refractivity contribution >= 4 is 45.5 Å². The van der Waals surface area contributed by atoms with Crippen molar-refractivity contribution in [1.82, 2.24) is 48.2 Å². The number of carbonyl (C=O) groups excluding carboxylic acids is 3. The van der Waals surface area contributed by atoms with Crippen LogP contribution in [0.15, 0.2) is 76.6 Å². The molecule has 4 aliphatic heterocycles. The van der Waals surface area contributed by atoms with Crippen LogP contribution in [0.3, 0.4) is 0 Å². The predicted molar refractivity (Wildman–Crippen MR) is 263 cm³/mol. The summed E-state index contributed by atoms with van der Waals surface area (Å²) in [6.07, 6.45) is 7.52. The topological polar surface area (TPSA) is 155 Å². The van der Waals surface area contributed by atoms with Gasteiger partial charge in [0.1, 0.15) is 17.5 Å². The molecule has 0 aliphatic carbocycles. The second-order valence-corrected chi connectivity index (χ2v) is 19.7. The van der Waals surface area contributed by atoms with Crippen LogP contribution in [0.5, 0.6) is 0 Å². The van der Waals surface area contributed by atoms with Crippen LogP contribution in [0, 0.1) is 18.7 Å². The molecule has 1 atom stereocenters. The monoisotopic (exact) mass is 939 g/mol. The van der Waals surface area contributed by atoms with E-state index < -0.39 is 11.9 Å². The van der Waals surface area contributed by atoms with E-state index in [0.717, 1.165) is 128 Å². The summed E-state index contributed by atoms with van der Waals surface area (Å²) in [6, 6.07) is 16.1. The molecule has 0 bridgehead atoms. The Kier molecular flexibility index (Phi) is 12.9. The van der Waals surface area contributed by atoms with Crippen molar-refractivity contribution in [3.8, 4) is 5.69 Å². The number of hydrogen-bond acceptors (Lipinski definition) is 10. The molecule has 3 amide bonds. The van der Waals surface area contributed by atoms with Crippen LogP contribution >= 0.6 is 0 Å². The van der Waals surface area contributed by atoms with E-state index in [1.54, 1.807) is 41.7 Å². The lowest BCUT2D eigenvalue weighted by atomic mass is 9.85. The number of rotatable bonds is 11. The standard InChI is InChI=1S/C52H62FN11O5/c1-33-25-37(27-41(53)48(33)36-12-16-59(17-13-36)32-39-29-40-42(9-15-55-49(40)57(39)3)63-20-14-38(54-2)28-47(63)66)51(68)62-18-10-34(11-19-62)30-60-21-23-61(24-22-60)31-35-5-6-43-45(26-35)58(4)52(69)64(43)44-7-8-46(65)56-50(44)67/h5-6,9,14-15,20,25-29,34,36,44,54H,7-8,10-13,16-19,21-24,30-32H2,1-4H3,(H,56,65,67)/t44-/m0/s1. The van der Waals surface area contributed by atoms with Crippen LogP contribution in [0.2, 0.25) is 0 Å². The van der Waals surface area contributed by atoms with Gasteiger partial charge in [-0.3, -0.25) is 48.0 Å². The van der Waals surface area contributed by atoms with Gasteiger partial charge in [-0.25, -0.2) is 14.2 Å². The number of carbonyl (C=O) groups is 3. The number of anilines is 1. The molecule has 2 N–H and O–H groups in total. The molecule has 4 aliphatic rings. The summed E-state index contributed by atoms with van der Waals surface area (Å²) < 4.78 is 22.9. The quantitative estimate of drug-likeness (QED) is 0.172. The van der Waals surface area contributed by atoms with Gasteiger partial charge in [0.05, 0.1) is 16.7 Å². The number of pyridine rings is 2. The van der Waals surface area contributed by atoms with Crippen molar-refractivity contribution in [3.63, 3.8) is 0 Å². The van der Waals surface area contributed by atoms with Crippen LogP contribution in [0.1, 0.15) is 83.2 Å². The number of fused-ring (bicyclic) bond motifs is 2. The summed E-state index contributed by atoms with van der Waals surface area (Å²) in [7, 11) is 5.52. The minimum Gasteiger partial charge on any atom is -0.388 e. The van der Waals surface area contributed by atoms with E-state index >= 15 is 4.39 Å². The fourth-order valence-corrected chi connectivity index (χ4v) is 11.4. The molecule has 6 aromatic rings. The molecule has 0 radical (unpaired) electrons. The number of halogens is 1. The second kappa shape index (κ2) is 19.2. The number of nitrogens with zero attached hydrogens (tertiary/aromatic N) is 9. The number of piperazine rings is 1. The van der Waals surface area contributed by atoms with Gasteiger partial charge in [0.15, 0.2) is 0 Å². The number of likely N-dealkylation sites (tertiary alicyclic amines) is 2. The molecule has 0 unspecified atom stereocenters. The van der Waals surface area contributed by atoms with E-state index in [9.17, 15) is 24.0 Å². The maximum absolute atomic E-state index is 16.1. The summed E-state index contributed by atoms with van der Waals surface area (Å²) in [5, 5.41) is 6.30. The SMILES string of the molecule is CNc1ccn(-c2ccnc3c2cc(CN2CCC(c4c(C)cc(C(=O)N5CCC(CN6CCN(Cc7ccc8c(c7)n(C)c(=O)n8[C@H]7CCC(=O)NC7=O)CC6)CC5)cc4F)CC2)n3C)c(=O)c1. The summed E-state index contributed by atoms with van der Waals surface area (Å²) in [6.45, 7) is 11.1. The Morgan fingerprint density at radius 2 is 1.54 bits per heavy atom. The van der Waals surface area contributed by atoms with E-state index in [2.05, 4.69) is 41.0 Å². The molecule has 16 nitrogen and oxygen atoms in total. The third-order valence-electron chi connectivity index (χ3n) is 15.4. The molecule has 4 aromatic heterocycles. The summed E-state index contributed by atoms with van der Waals surface area (Å²) in [5.41, 5.74) is 7.64. The van der Waals surface area contributed by atoms with Crippen LogP contribution < -0.4 is 21.9 Å². The number of nitrogens with one attached hydrogen (secondary N) is 2. The smallest absolute Gasteiger partial charge is 0.329 e. The Morgan fingerprint density at radius 3 is 2.25 bits per heavy atom. The fourth-order valence-electron chi connectivity index (χ4n) is 11.4. The third kappa shape index (κ3) is 9.14. The predicted octanol–water partition coefficient (Wildman–Crippen LogP) is 4.89. The fraction of sp³-hybridized carbons (Fsp3) is 0.462. The van der Waals surface area contributed by atoms with Gasteiger partial charge in [0, 0.05) is 127 Å². The highest BCUT2D eigenvalue weighted by molar-refractivity contribution is 6.00. The first-order valence-corrected chi connectivity index (χ1v) is 24.5. The lowest BCUT2D eigenvalue weighted by Gasteiger charge is -2.39. The van der Waals surface area contributed by atoms with Crippen LogP contribution in [-0.2, 0) is 36.8 Å². The van der Waals surface area contributed by atoms with E-state index in [-0.39, 0.29) is 41.2 Å². The van der Waals surface area contributed by atoms with Gasteiger partial charge >= 0.3 is 5.69 Å². The molecule has 17 heteroatoms. The molecule has 362 valence electrons. The molecule has 2 aromatic carbocycles. The number of amides is 3. The number of hydrogen-bond donors (Lipinski definition) is 2. The largest absolute Gasteiger partial charge is 0.388 e. The average molecular weight is 940 g/mol. The first-order valence-electron chi connectivity index (χ1n) is 24.5. The number of benzene rings is 2. The van der Waals surface area contributed by atoms with Gasteiger partial charge in [-0.15, -0.1) is 0 Å². The Hall–Kier alpha value is -6.43. The van der Waals surface area contributed by atoms with Gasteiger partial charge in [0.25, 0.3) is 11.5 Å². The first-order chi connectivity index (χ1) is 33.3. The Balaban J connectivity index is 0.689. The zero-order valence-electron chi connectivity index (χ0n) is 40.0. The average Bonchev–Trinajstić information content (AvgIpc) is 3.79. The van der Waals surface area contributed by atoms with Gasteiger partial charge in [0.2, 0.25) is 11.8 Å². The summed E-state index contributed by atoms with van der Waals surface area (Å²) >= 11 is 0. The molecule has 0 saturated carbocycles. The molecule has 4 fully saturated rings. The Labute approximate surface area is 400 Å². The van der Waals surface area contributed by atoms with Gasteiger partial charge in [-0.2, -0.15) is 0 Å². The van der Waals surface area contributed by atoms with E-state index in [1.165, 1.54) is 10.6 Å². The zero-order chi connectivity index (χ0) is 48.1. The third-order valence-corrected chi connectivity index (χ3v) is 15.4. The van der Waals surface area contributed by atoms with Gasteiger partial charge in [-0.1, -0.05) is 6.07 Å². The molecule has 10 rings (SSSR count). The van der Waals surface area contributed by atoms with Crippen molar-refractivity contribution in [1.29, 1.82) is 0 Å². The highest BCUT2D eigenvalue weighted by atomic mass is 19.1. The number of aryl methyl sites for hydroxylation is 3. The maximum atomic E-state index is 16.1. The molecular formula is C52H62FN11O5. The van der Waals surface area contributed by atoms with Crippen molar-refractivity contribution in [2.24, 2.45) is 20.0 Å². The van der Waals surface area contributed by atoms with E-state index in [0.29, 0.717) is 43.1 Å². The van der Waals surface area contributed by atoms with Gasteiger partial charge < -0.3 is 19.7 Å². The normalized spacial score (nSPS) is 19.5.